The van der Waals surface area contributed by atoms with Gasteiger partial charge in [0, 0.05) is 17.8 Å². The fraction of sp³-hybridized carbons (Fsp3) is 0.143. The minimum absolute atomic E-state index is 0.0551. The maximum Gasteiger partial charge on any atom is 0.288 e. The fourth-order valence-electron chi connectivity index (χ4n) is 1.71. The van der Waals surface area contributed by atoms with Crippen molar-refractivity contribution in [1.29, 1.82) is 5.26 Å². The van der Waals surface area contributed by atoms with E-state index in [9.17, 15) is 10.1 Å². The molecule has 0 aliphatic rings. The van der Waals surface area contributed by atoms with Crippen molar-refractivity contribution in [3.05, 3.63) is 55.8 Å². The average molecular weight is 304 g/mol. The first-order valence-electron chi connectivity index (χ1n) is 5.92. The number of aliphatic imine (C=N–C) groups is 1. The number of nitro benzene ring substituents is 1. The predicted molar refractivity (Wildman–Crippen MR) is 78.3 cm³/mol. The molecule has 0 saturated heterocycles. The molecule has 106 valence electrons. The van der Waals surface area contributed by atoms with Crippen LogP contribution < -0.4 is 0 Å². The van der Waals surface area contributed by atoms with Gasteiger partial charge in [-0.1, -0.05) is 17.7 Å². The number of benzene rings is 1. The number of aryl methyl sites for hydroxylation is 1. The fourth-order valence-corrected chi connectivity index (χ4v) is 1.90. The van der Waals surface area contributed by atoms with Gasteiger partial charge in [-0.05, 0) is 25.5 Å². The molecule has 21 heavy (non-hydrogen) atoms. The Balaban J connectivity index is 2.39. The third-order valence-corrected chi connectivity index (χ3v) is 3.30. The van der Waals surface area contributed by atoms with E-state index in [1.807, 2.05) is 6.07 Å². The van der Waals surface area contributed by atoms with Crippen LogP contribution in [0.25, 0.3) is 0 Å². The summed E-state index contributed by atoms with van der Waals surface area (Å²) in [4.78, 5) is 14.3. The van der Waals surface area contributed by atoms with Crippen LogP contribution in [0.3, 0.4) is 0 Å². The lowest BCUT2D eigenvalue weighted by atomic mass is 10.2. The van der Waals surface area contributed by atoms with Gasteiger partial charge in [0.25, 0.3) is 5.69 Å². The number of nitro groups is 1. The largest absolute Gasteiger partial charge is 0.442 e. The lowest BCUT2D eigenvalue weighted by molar-refractivity contribution is -0.384. The lowest BCUT2D eigenvalue weighted by Gasteiger charge is -1.96. The molecule has 0 amide bonds. The molecular weight excluding hydrogens is 294 g/mol. The molecule has 0 aliphatic heterocycles. The summed E-state index contributed by atoms with van der Waals surface area (Å²) in [5.41, 5.74) is 1.37. The van der Waals surface area contributed by atoms with Crippen molar-refractivity contribution in [2.24, 2.45) is 4.99 Å². The van der Waals surface area contributed by atoms with E-state index in [0.717, 1.165) is 5.56 Å². The second-order valence-corrected chi connectivity index (χ2v) is 4.71. The third kappa shape index (κ3) is 2.93. The molecule has 0 spiro atoms. The van der Waals surface area contributed by atoms with Crippen molar-refractivity contribution in [3.8, 4) is 6.07 Å². The van der Waals surface area contributed by atoms with Crippen LogP contribution in [0.4, 0.5) is 11.6 Å². The van der Waals surface area contributed by atoms with Crippen molar-refractivity contribution in [1.82, 2.24) is 0 Å². The molecule has 0 radical (unpaired) electrons. The molecule has 0 saturated carbocycles. The Hall–Kier alpha value is -2.65. The zero-order chi connectivity index (χ0) is 15.6. The summed E-state index contributed by atoms with van der Waals surface area (Å²) >= 11 is 5.73. The maximum atomic E-state index is 10.8. The van der Waals surface area contributed by atoms with Crippen molar-refractivity contribution in [2.45, 2.75) is 13.8 Å². The Morgan fingerprint density at radius 1 is 1.48 bits per heavy atom. The smallest absolute Gasteiger partial charge is 0.288 e. The van der Waals surface area contributed by atoms with Gasteiger partial charge in [0.15, 0.2) is 0 Å². The van der Waals surface area contributed by atoms with Crippen LogP contribution in [0.1, 0.15) is 22.5 Å². The van der Waals surface area contributed by atoms with Gasteiger partial charge in [-0.3, -0.25) is 10.1 Å². The van der Waals surface area contributed by atoms with E-state index in [4.69, 9.17) is 21.3 Å². The van der Waals surface area contributed by atoms with Crippen molar-refractivity contribution >= 4 is 29.4 Å². The number of nitriles is 1. The Labute approximate surface area is 125 Å². The van der Waals surface area contributed by atoms with E-state index in [0.29, 0.717) is 16.9 Å². The Morgan fingerprint density at radius 2 is 2.19 bits per heavy atom. The number of hydrogen-bond donors (Lipinski definition) is 0. The van der Waals surface area contributed by atoms with Crippen LogP contribution in [0, 0.1) is 35.3 Å². The van der Waals surface area contributed by atoms with Crippen molar-refractivity contribution in [3.63, 3.8) is 0 Å². The zero-order valence-electron chi connectivity index (χ0n) is 11.3. The van der Waals surface area contributed by atoms with Crippen LogP contribution in [0.2, 0.25) is 5.02 Å². The predicted octanol–water partition coefficient (Wildman–Crippen LogP) is 4.08. The summed E-state index contributed by atoms with van der Waals surface area (Å²) in [6.07, 6.45) is 1.39. The van der Waals surface area contributed by atoms with Gasteiger partial charge >= 0.3 is 0 Å². The molecule has 6 nitrogen and oxygen atoms in total. The maximum absolute atomic E-state index is 10.8. The molecule has 0 N–H and O–H groups in total. The summed E-state index contributed by atoms with van der Waals surface area (Å²) in [5.74, 6) is 0.797. The standard InChI is InChI=1S/C14H10ClN3O3/c1-8-9(2)21-14(11(8)6-16)17-7-10-3-4-12(15)13(5-10)18(19)20/h3-5,7H,1-2H3. The molecular formula is C14H10ClN3O3. The molecule has 1 aromatic carbocycles. The van der Waals surface area contributed by atoms with Gasteiger partial charge in [-0.15, -0.1) is 0 Å². The quantitative estimate of drug-likeness (QED) is 0.485. The Kier molecular flexibility index (Phi) is 4.05. The molecule has 2 rings (SSSR count). The van der Waals surface area contributed by atoms with Crippen LogP contribution in [0.5, 0.6) is 0 Å². The molecule has 1 aromatic heterocycles. The van der Waals surface area contributed by atoms with E-state index < -0.39 is 4.92 Å². The summed E-state index contributed by atoms with van der Waals surface area (Å²) in [5, 5.41) is 19.9. The molecule has 0 atom stereocenters. The molecule has 0 bridgehead atoms. The topological polar surface area (TPSA) is 92.4 Å². The van der Waals surface area contributed by atoms with Gasteiger partial charge in [0.05, 0.1) is 4.92 Å². The SMILES string of the molecule is Cc1oc(N=Cc2ccc(Cl)c([N+](=O)[O-])c2)c(C#N)c1C. The first-order chi connectivity index (χ1) is 9.93. The minimum atomic E-state index is -0.568. The van der Waals surface area contributed by atoms with Gasteiger partial charge in [0.1, 0.15) is 22.4 Å². The van der Waals surface area contributed by atoms with Gasteiger partial charge in [-0.25, -0.2) is 4.99 Å². The van der Waals surface area contributed by atoms with E-state index in [1.165, 1.54) is 18.3 Å². The second-order valence-electron chi connectivity index (χ2n) is 4.30. The van der Waals surface area contributed by atoms with Crippen LogP contribution in [-0.4, -0.2) is 11.1 Å². The lowest BCUT2D eigenvalue weighted by Crippen LogP contribution is -1.91. The number of halogens is 1. The van der Waals surface area contributed by atoms with Crippen molar-refractivity contribution in [2.75, 3.05) is 0 Å². The highest BCUT2D eigenvalue weighted by Gasteiger charge is 2.14. The highest BCUT2D eigenvalue weighted by atomic mass is 35.5. The summed E-state index contributed by atoms with van der Waals surface area (Å²) in [7, 11) is 0. The summed E-state index contributed by atoms with van der Waals surface area (Å²) < 4.78 is 5.38. The van der Waals surface area contributed by atoms with Gasteiger partial charge in [0.2, 0.25) is 5.88 Å². The van der Waals surface area contributed by atoms with Crippen molar-refractivity contribution < 1.29 is 9.34 Å². The normalized spacial score (nSPS) is 10.8. The Bertz CT molecular complexity index is 787. The van der Waals surface area contributed by atoms with Gasteiger partial charge in [-0.2, -0.15) is 5.26 Å². The highest BCUT2D eigenvalue weighted by molar-refractivity contribution is 6.32. The van der Waals surface area contributed by atoms with E-state index in [-0.39, 0.29) is 16.6 Å². The number of hydrogen-bond acceptors (Lipinski definition) is 5. The Morgan fingerprint density at radius 3 is 2.81 bits per heavy atom. The van der Waals surface area contributed by atoms with E-state index >= 15 is 0 Å². The molecule has 7 heteroatoms. The third-order valence-electron chi connectivity index (χ3n) is 2.98. The highest BCUT2D eigenvalue weighted by Crippen LogP contribution is 2.28. The molecule has 0 unspecified atom stereocenters. The summed E-state index contributed by atoms with van der Waals surface area (Å²) in [6.45, 7) is 3.51. The van der Waals surface area contributed by atoms with Crippen LogP contribution in [0.15, 0.2) is 27.6 Å². The molecule has 2 aromatic rings. The van der Waals surface area contributed by atoms with E-state index in [1.54, 1.807) is 19.9 Å². The average Bonchev–Trinajstić information content (AvgIpc) is 2.72. The number of furan rings is 1. The second kappa shape index (κ2) is 5.77. The number of nitrogens with zero attached hydrogens (tertiary/aromatic N) is 3. The molecule has 0 aliphatic carbocycles. The first kappa shape index (κ1) is 14.8. The molecule has 1 heterocycles. The molecule has 0 fully saturated rings. The van der Waals surface area contributed by atoms with Crippen LogP contribution in [-0.2, 0) is 0 Å². The summed E-state index contributed by atoms with van der Waals surface area (Å²) in [6, 6.07) is 6.34. The number of rotatable bonds is 3. The van der Waals surface area contributed by atoms with Gasteiger partial charge < -0.3 is 4.42 Å². The van der Waals surface area contributed by atoms with E-state index in [2.05, 4.69) is 4.99 Å². The van der Waals surface area contributed by atoms with Crippen LogP contribution >= 0.6 is 11.6 Å². The minimum Gasteiger partial charge on any atom is -0.442 e. The monoisotopic (exact) mass is 303 g/mol. The first-order valence-corrected chi connectivity index (χ1v) is 6.30. The zero-order valence-corrected chi connectivity index (χ0v) is 12.0.